The monoisotopic (exact) mass is 216 g/mol. The number of carboxylic acids is 1. The van der Waals surface area contributed by atoms with Gasteiger partial charge in [0.05, 0.1) is 0 Å². The molecule has 0 aromatic heterocycles. The van der Waals surface area contributed by atoms with Gasteiger partial charge in [-0.3, -0.25) is 4.79 Å². The first kappa shape index (κ1) is 13.9. The summed E-state index contributed by atoms with van der Waals surface area (Å²) in [5, 5.41) is 11.3. The summed E-state index contributed by atoms with van der Waals surface area (Å²) in [5.41, 5.74) is 5.29. The average molecular weight is 216 g/mol. The van der Waals surface area contributed by atoms with Gasteiger partial charge in [-0.1, -0.05) is 13.3 Å². The quantitative estimate of drug-likeness (QED) is 0.515. The predicted molar refractivity (Wildman–Crippen MR) is 57.4 cm³/mol. The van der Waals surface area contributed by atoms with Gasteiger partial charge in [-0.05, 0) is 25.8 Å². The summed E-state index contributed by atoms with van der Waals surface area (Å²) in [6, 6.07) is -0.750. The molecular formula is C10H20N2O3. The number of aliphatic carboxylic acids is 1. The number of nitrogens with two attached hydrogens (primary N) is 1. The van der Waals surface area contributed by atoms with Gasteiger partial charge in [0.2, 0.25) is 5.91 Å². The molecule has 0 saturated heterocycles. The lowest BCUT2D eigenvalue weighted by atomic mass is 10.1. The summed E-state index contributed by atoms with van der Waals surface area (Å²) in [4.78, 5) is 22.0. The molecule has 0 rings (SSSR count). The highest BCUT2D eigenvalue weighted by Crippen LogP contribution is 1.99. The summed E-state index contributed by atoms with van der Waals surface area (Å²) >= 11 is 0. The zero-order valence-electron chi connectivity index (χ0n) is 9.16. The third-order valence-corrected chi connectivity index (χ3v) is 2.07. The highest BCUT2D eigenvalue weighted by Gasteiger charge is 2.17. The number of hydrogen-bond acceptors (Lipinski definition) is 3. The maximum absolute atomic E-state index is 11.3. The van der Waals surface area contributed by atoms with Crippen molar-refractivity contribution in [3.63, 3.8) is 0 Å². The molecule has 0 spiro atoms. The minimum absolute atomic E-state index is 0.204. The van der Waals surface area contributed by atoms with Crippen LogP contribution in [0, 0.1) is 0 Å². The van der Waals surface area contributed by atoms with Crippen LogP contribution in [0.5, 0.6) is 0 Å². The Labute approximate surface area is 90.0 Å². The molecule has 0 heterocycles. The minimum Gasteiger partial charge on any atom is -0.480 e. The Hall–Kier alpha value is -1.10. The Bertz CT molecular complexity index is 207. The van der Waals surface area contributed by atoms with E-state index < -0.39 is 12.0 Å². The van der Waals surface area contributed by atoms with Crippen molar-refractivity contribution in [3.05, 3.63) is 0 Å². The van der Waals surface area contributed by atoms with Crippen LogP contribution in [0.1, 0.15) is 39.0 Å². The molecule has 0 bridgehead atoms. The van der Waals surface area contributed by atoms with Crippen molar-refractivity contribution in [1.82, 2.24) is 5.32 Å². The van der Waals surface area contributed by atoms with E-state index in [0.29, 0.717) is 25.8 Å². The molecule has 0 aromatic carbocycles. The van der Waals surface area contributed by atoms with Gasteiger partial charge in [0, 0.05) is 6.42 Å². The van der Waals surface area contributed by atoms with E-state index in [1.165, 1.54) is 0 Å². The maximum Gasteiger partial charge on any atom is 0.326 e. The second-order valence-corrected chi connectivity index (χ2v) is 3.49. The molecule has 1 unspecified atom stereocenters. The van der Waals surface area contributed by atoms with Gasteiger partial charge in [-0.25, -0.2) is 4.79 Å². The Morgan fingerprint density at radius 3 is 2.53 bits per heavy atom. The molecular weight excluding hydrogens is 196 g/mol. The van der Waals surface area contributed by atoms with Crippen molar-refractivity contribution in [3.8, 4) is 0 Å². The highest BCUT2D eigenvalue weighted by molar-refractivity contribution is 5.83. The number of carbonyl (C=O) groups is 2. The van der Waals surface area contributed by atoms with Crippen LogP contribution in [0.3, 0.4) is 0 Å². The SMILES string of the molecule is CCCC(NC(=O)CCCCN)C(=O)O. The largest absolute Gasteiger partial charge is 0.480 e. The van der Waals surface area contributed by atoms with Crippen LogP contribution in [0.15, 0.2) is 0 Å². The zero-order chi connectivity index (χ0) is 11.7. The van der Waals surface area contributed by atoms with Gasteiger partial charge >= 0.3 is 5.97 Å². The maximum atomic E-state index is 11.3. The van der Waals surface area contributed by atoms with Gasteiger partial charge in [0.25, 0.3) is 0 Å². The second kappa shape index (κ2) is 8.23. The first-order chi connectivity index (χ1) is 7.11. The Balaban J connectivity index is 3.84. The van der Waals surface area contributed by atoms with Crippen molar-refractivity contribution >= 4 is 11.9 Å². The van der Waals surface area contributed by atoms with E-state index in [9.17, 15) is 9.59 Å². The van der Waals surface area contributed by atoms with Crippen LogP contribution in [0.2, 0.25) is 0 Å². The molecule has 88 valence electrons. The molecule has 4 N–H and O–H groups in total. The van der Waals surface area contributed by atoms with Crippen molar-refractivity contribution in [2.75, 3.05) is 6.54 Å². The fourth-order valence-corrected chi connectivity index (χ4v) is 1.24. The van der Waals surface area contributed by atoms with Crippen molar-refractivity contribution < 1.29 is 14.7 Å². The van der Waals surface area contributed by atoms with E-state index in [4.69, 9.17) is 10.8 Å². The average Bonchev–Trinajstić information content (AvgIpc) is 2.17. The molecule has 1 amide bonds. The van der Waals surface area contributed by atoms with Gasteiger partial charge < -0.3 is 16.2 Å². The first-order valence-corrected chi connectivity index (χ1v) is 5.34. The van der Waals surface area contributed by atoms with Crippen molar-refractivity contribution in [1.29, 1.82) is 0 Å². The van der Waals surface area contributed by atoms with Gasteiger partial charge in [0.15, 0.2) is 0 Å². The van der Waals surface area contributed by atoms with E-state index in [1.807, 2.05) is 6.92 Å². The molecule has 0 aliphatic carbocycles. The number of unbranched alkanes of at least 4 members (excludes halogenated alkanes) is 1. The summed E-state index contributed by atoms with van der Waals surface area (Å²) in [6.07, 6.45) is 3.06. The van der Waals surface area contributed by atoms with E-state index >= 15 is 0 Å². The minimum atomic E-state index is -0.968. The molecule has 0 saturated carbocycles. The smallest absolute Gasteiger partial charge is 0.326 e. The number of amides is 1. The van der Waals surface area contributed by atoms with Gasteiger partial charge in [-0.2, -0.15) is 0 Å². The third kappa shape index (κ3) is 6.90. The van der Waals surface area contributed by atoms with Crippen LogP contribution in [0.25, 0.3) is 0 Å². The van der Waals surface area contributed by atoms with Crippen LogP contribution in [-0.2, 0) is 9.59 Å². The lowest BCUT2D eigenvalue weighted by Gasteiger charge is -2.13. The van der Waals surface area contributed by atoms with Crippen LogP contribution < -0.4 is 11.1 Å². The van der Waals surface area contributed by atoms with Gasteiger partial charge in [-0.15, -0.1) is 0 Å². The van der Waals surface area contributed by atoms with Crippen LogP contribution in [-0.4, -0.2) is 29.6 Å². The summed E-state index contributed by atoms with van der Waals surface area (Å²) < 4.78 is 0. The van der Waals surface area contributed by atoms with E-state index in [0.717, 1.165) is 12.8 Å². The third-order valence-electron chi connectivity index (χ3n) is 2.07. The Morgan fingerprint density at radius 1 is 1.40 bits per heavy atom. The molecule has 0 aliphatic heterocycles. The van der Waals surface area contributed by atoms with Gasteiger partial charge in [0.1, 0.15) is 6.04 Å². The molecule has 5 nitrogen and oxygen atoms in total. The normalized spacial score (nSPS) is 12.1. The molecule has 0 fully saturated rings. The summed E-state index contributed by atoms with van der Waals surface area (Å²) in [6.45, 7) is 2.45. The number of rotatable bonds is 8. The van der Waals surface area contributed by atoms with E-state index in [2.05, 4.69) is 5.32 Å². The predicted octanol–water partition coefficient (Wildman–Crippen LogP) is 0.485. The Morgan fingerprint density at radius 2 is 2.07 bits per heavy atom. The zero-order valence-corrected chi connectivity index (χ0v) is 9.16. The molecule has 1 atom stereocenters. The fraction of sp³-hybridized carbons (Fsp3) is 0.800. The molecule has 5 heteroatoms. The second-order valence-electron chi connectivity index (χ2n) is 3.49. The van der Waals surface area contributed by atoms with E-state index in [1.54, 1.807) is 0 Å². The van der Waals surface area contributed by atoms with Crippen molar-refractivity contribution in [2.24, 2.45) is 5.73 Å². The lowest BCUT2D eigenvalue weighted by molar-refractivity contribution is -0.142. The molecule has 0 radical (unpaired) electrons. The molecule has 0 aliphatic rings. The van der Waals surface area contributed by atoms with Crippen molar-refractivity contribution in [2.45, 2.75) is 45.1 Å². The number of carbonyl (C=O) groups excluding carboxylic acids is 1. The summed E-state index contributed by atoms with van der Waals surface area (Å²) in [5.74, 6) is -1.17. The van der Waals surface area contributed by atoms with E-state index in [-0.39, 0.29) is 5.91 Å². The highest BCUT2D eigenvalue weighted by atomic mass is 16.4. The fourth-order valence-electron chi connectivity index (χ4n) is 1.24. The van der Waals surface area contributed by atoms with Crippen LogP contribution >= 0.6 is 0 Å². The Kier molecular flexibility index (Phi) is 7.62. The van der Waals surface area contributed by atoms with Crippen LogP contribution in [0.4, 0.5) is 0 Å². The first-order valence-electron chi connectivity index (χ1n) is 5.34. The molecule has 0 aromatic rings. The number of hydrogen-bond donors (Lipinski definition) is 3. The topological polar surface area (TPSA) is 92.4 Å². The number of carboxylic acid groups (broad SMARTS) is 1. The summed E-state index contributed by atoms with van der Waals surface area (Å²) in [7, 11) is 0. The molecule has 15 heavy (non-hydrogen) atoms. The lowest BCUT2D eigenvalue weighted by Crippen LogP contribution is -2.40. The standard InChI is InChI=1S/C10H20N2O3/c1-2-5-8(10(14)15)12-9(13)6-3-4-7-11/h8H,2-7,11H2,1H3,(H,12,13)(H,14,15). The number of nitrogens with one attached hydrogen (secondary N) is 1.